The van der Waals surface area contributed by atoms with Gasteiger partial charge in [-0.1, -0.05) is 13.8 Å². The normalized spacial score (nSPS) is 20.6. The fraction of sp³-hybridized carbons (Fsp3) is 0.842. The van der Waals surface area contributed by atoms with Crippen LogP contribution < -0.4 is 5.32 Å². The Hall–Kier alpha value is -1.83. The van der Waals surface area contributed by atoms with Crippen LogP contribution in [0.5, 0.6) is 0 Å². The predicted octanol–water partition coefficient (Wildman–Crippen LogP) is 2.10. The molecule has 0 bridgehead atoms. The van der Waals surface area contributed by atoms with Crippen LogP contribution in [0.25, 0.3) is 0 Å². The molecule has 1 aliphatic heterocycles. The third-order valence-electron chi connectivity index (χ3n) is 4.70. The molecule has 0 aromatic carbocycles. The maximum atomic E-state index is 12.7. The van der Waals surface area contributed by atoms with Crippen molar-refractivity contribution in [2.45, 2.75) is 77.7 Å². The Bertz CT molecular complexity index is 531. The first-order chi connectivity index (χ1) is 12.6. The molecule has 1 heterocycles. The summed E-state index contributed by atoms with van der Waals surface area (Å²) in [6, 6.07) is -0.961. The Morgan fingerprint density at radius 2 is 1.85 bits per heavy atom. The average Bonchev–Trinajstić information content (AvgIpc) is 3.07. The molecule has 0 aromatic heterocycles. The number of hydrogen-bond donors (Lipinski definition) is 1. The fourth-order valence-corrected chi connectivity index (χ4v) is 3.30. The van der Waals surface area contributed by atoms with Gasteiger partial charge in [0, 0.05) is 13.7 Å². The molecule has 0 saturated carbocycles. The molecule has 2 amide bonds. The number of amides is 2. The van der Waals surface area contributed by atoms with Crippen molar-refractivity contribution >= 4 is 18.0 Å². The molecule has 1 saturated heterocycles. The third-order valence-corrected chi connectivity index (χ3v) is 4.70. The van der Waals surface area contributed by atoms with Crippen LogP contribution in [-0.2, 0) is 23.8 Å². The second kappa shape index (κ2) is 9.92. The van der Waals surface area contributed by atoms with E-state index in [1.807, 2.05) is 20.8 Å². The quantitative estimate of drug-likeness (QED) is 0.674. The van der Waals surface area contributed by atoms with E-state index in [1.54, 1.807) is 18.7 Å². The van der Waals surface area contributed by atoms with Gasteiger partial charge in [0.1, 0.15) is 11.6 Å². The van der Waals surface area contributed by atoms with Crippen molar-refractivity contribution in [2.24, 2.45) is 5.92 Å². The Kier molecular flexibility index (Phi) is 8.53. The van der Waals surface area contributed by atoms with Crippen LogP contribution in [0.2, 0.25) is 0 Å². The standard InChI is InChI=1S/C19H34N2O6/c1-8-13(17(23)26-7)20-16(22)12(2)15(25-6)14-10-9-11-21(14)18(24)27-19(3,4)5/h12-15H,8-11H2,1-7H3,(H,20,22)/t12?,13-,14?,15?/m0/s1. The van der Waals surface area contributed by atoms with E-state index in [0.29, 0.717) is 13.0 Å². The minimum atomic E-state index is -0.701. The average molecular weight is 386 g/mol. The van der Waals surface area contributed by atoms with E-state index in [2.05, 4.69) is 5.32 Å². The number of nitrogens with zero attached hydrogens (tertiary/aromatic N) is 1. The lowest BCUT2D eigenvalue weighted by atomic mass is 9.94. The monoisotopic (exact) mass is 386 g/mol. The lowest BCUT2D eigenvalue weighted by Gasteiger charge is -2.35. The molecule has 8 heteroatoms. The molecule has 1 aliphatic rings. The van der Waals surface area contributed by atoms with E-state index < -0.39 is 35.7 Å². The zero-order valence-corrected chi connectivity index (χ0v) is 17.5. The highest BCUT2D eigenvalue weighted by molar-refractivity contribution is 5.86. The van der Waals surface area contributed by atoms with E-state index in [-0.39, 0.29) is 11.9 Å². The van der Waals surface area contributed by atoms with Gasteiger partial charge in [0.15, 0.2) is 0 Å². The number of ether oxygens (including phenoxy) is 3. The molecule has 3 unspecified atom stereocenters. The molecule has 1 rings (SSSR count). The van der Waals surface area contributed by atoms with Crippen molar-refractivity contribution in [3.05, 3.63) is 0 Å². The Morgan fingerprint density at radius 1 is 1.22 bits per heavy atom. The highest BCUT2D eigenvalue weighted by atomic mass is 16.6. The molecule has 4 atom stereocenters. The third kappa shape index (κ3) is 6.37. The first-order valence-corrected chi connectivity index (χ1v) is 9.46. The van der Waals surface area contributed by atoms with Crippen LogP contribution >= 0.6 is 0 Å². The summed E-state index contributed by atoms with van der Waals surface area (Å²) >= 11 is 0. The summed E-state index contributed by atoms with van der Waals surface area (Å²) in [4.78, 5) is 38.6. The van der Waals surface area contributed by atoms with Crippen molar-refractivity contribution in [1.82, 2.24) is 10.2 Å². The number of methoxy groups -OCH3 is 2. The van der Waals surface area contributed by atoms with E-state index in [4.69, 9.17) is 14.2 Å². The van der Waals surface area contributed by atoms with Gasteiger partial charge in [-0.05, 0) is 40.0 Å². The summed E-state index contributed by atoms with van der Waals surface area (Å²) in [5, 5.41) is 2.71. The van der Waals surface area contributed by atoms with Crippen molar-refractivity contribution < 1.29 is 28.6 Å². The van der Waals surface area contributed by atoms with Crippen molar-refractivity contribution in [1.29, 1.82) is 0 Å². The SMILES string of the molecule is CC[C@H](NC(=O)C(C)C(OC)C1CCCN1C(=O)OC(C)(C)C)C(=O)OC. The first kappa shape index (κ1) is 23.2. The number of rotatable bonds is 7. The van der Waals surface area contributed by atoms with E-state index >= 15 is 0 Å². The van der Waals surface area contributed by atoms with Crippen LogP contribution in [0.15, 0.2) is 0 Å². The second-order valence-electron chi connectivity index (χ2n) is 7.86. The van der Waals surface area contributed by atoms with E-state index in [9.17, 15) is 14.4 Å². The van der Waals surface area contributed by atoms with Crippen LogP contribution in [-0.4, -0.2) is 67.4 Å². The van der Waals surface area contributed by atoms with Crippen molar-refractivity contribution in [2.75, 3.05) is 20.8 Å². The summed E-state index contributed by atoms with van der Waals surface area (Å²) in [5.41, 5.74) is -0.593. The topological polar surface area (TPSA) is 94.2 Å². The molecular formula is C19H34N2O6. The predicted molar refractivity (Wildman–Crippen MR) is 100 cm³/mol. The van der Waals surface area contributed by atoms with Gasteiger partial charge < -0.3 is 24.4 Å². The Labute approximate surface area is 161 Å². The minimum absolute atomic E-state index is 0.260. The minimum Gasteiger partial charge on any atom is -0.467 e. The largest absolute Gasteiger partial charge is 0.467 e. The maximum absolute atomic E-state index is 12.7. The summed E-state index contributed by atoms with van der Waals surface area (Å²) in [7, 11) is 2.81. The van der Waals surface area contributed by atoms with Gasteiger partial charge in [-0.25, -0.2) is 9.59 Å². The Morgan fingerprint density at radius 3 is 2.33 bits per heavy atom. The summed E-state index contributed by atoms with van der Waals surface area (Å²) < 4.78 is 15.8. The molecule has 0 spiro atoms. The number of likely N-dealkylation sites (tertiary alicyclic amines) is 1. The smallest absolute Gasteiger partial charge is 0.410 e. The number of esters is 1. The number of nitrogens with one attached hydrogen (secondary N) is 1. The van der Waals surface area contributed by atoms with Gasteiger partial charge >= 0.3 is 12.1 Å². The van der Waals surface area contributed by atoms with Crippen molar-refractivity contribution in [3.63, 3.8) is 0 Å². The van der Waals surface area contributed by atoms with Crippen LogP contribution in [0.1, 0.15) is 53.9 Å². The summed E-state index contributed by atoms with van der Waals surface area (Å²) in [6.45, 7) is 9.54. The lowest BCUT2D eigenvalue weighted by Crippen LogP contribution is -2.52. The first-order valence-electron chi connectivity index (χ1n) is 9.46. The molecule has 1 fully saturated rings. The molecule has 0 aliphatic carbocycles. The molecule has 156 valence electrons. The van der Waals surface area contributed by atoms with Crippen LogP contribution in [0.4, 0.5) is 4.79 Å². The van der Waals surface area contributed by atoms with Gasteiger partial charge in [0.25, 0.3) is 0 Å². The van der Waals surface area contributed by atoms with Crippen LogP contribution in [0, 0.1) is 5.92 Å². The van der Waals surface area contributed by atoms with Gasteiger partial charge in [-0.2, -0.15) is 0 Å². The molecule has 1 N–H and O–H groups in total. The number of carbonyl (C=O) groups excluding carboxylic acids is 3. The highest BCUT2D eigenvalue weighted by Gasteiger charge is 2.41. The zero-order chi connectivity index (χ0) is 20.8. The lowest BCUT2D eigenvalue weighted by molar-refractivity contribution is -0.146. The van der Waals surface area contributed by atoms with Crippen LogP contribution in [0.3, 0.4) is 0 Å². The molecule has 0 radical (unpaired) electrons. The molecular weight excluding hydrogens is 352 g/mol. The number of carbonyl (C=O) groups is 3. The molecule has 8 nitrogen and oxygen atoms in total. The highest BCUT2D eigenvalue weighted by Crippen LogP contribution is 2.28. The summed E-state index contributed by atoms with van der Waals surface area (Å²) in [5.74, 6) is -1.35. The Balaban J connectivity index is 2.86. The maximum Gasteiger partial charge on any atom is 0.410 e. The second-order valence-corrected chi connectivity index (χ2v) is 7.86. The fourth-order valence-electron chi connectivity index (χ4n) is 3.30. The van der Waals surface area contributed by atoms with Gasteiger partial charge in [-0.15, -0.1) is 0 Å². The number of hydrogen-bond acceptors (Lipinski definition) is 6. The molecule has 0 aromatic rings. The van der Waals surface area contributed by atoms with Gasteiger partial charge in [-0.3, -0.25) is 4.79 Å². The van der Waals surface area contributed by atoms with E-state index in [0.717, 1.165) is 12.8 Å². The zero-order valence-electron chi connectivity index (χ0n) is 17.5. The molecule has 27 heavy (non-hydrogen) atoms. The van der Waals surface area contributed by atoms with Crippen molar-refractivity contribution in [3.8, 4) is 0 Å². The van der Waals surface area contributed by atoms with Gasteiger partial charge in [0.05, 0.1) is 25.2 Å². The van der Waals surface area contributed by atoms with E-state index in [1.165, 1.54) is 14.2 Å². The van der Waals surface area contributed by atoms with Gasteiger partial charge in [0.2, 0.25) is 5.91 Å². The summed E-state index contributed by atoms with van der Waals surface area (Å²) in [6.07, 6.45) is 1.06.